The molecule has 11 nitrogen and oxygen atoms in total. The van der Waals surface area contributed by atoms with E-state index in [1.807, 2.05) is 25.1 Å². The van der Waals surface area contributed by atoms with Crippen molar-refractivity contribution < 1.29 is 43.7 Å². The molecule has 0 aliphatic heterocycles. The van der Waals surface area contributed by atoms with E-state index in [-0.39, 0.29) is 5.82 Å². The van der Waals surface area contributed by atoms with E-state index in [0.717, 1.165) is 49.2 Å². The third kappa shape index (κ3) is 9.33. The van der Waals surface area contributed by atoms with Gasteiger partial charge in [-0.25, -0.2) is 9.18 Å². The van der Waals surface area contributed by atoms with Gasteiger partial charge in [-0.2, -0.15) is 0 Å². The lowest BCUT2D eigenvalue weighted by atomic mass is 9.95. The molecule has 42 heavy (non-hydrogen) atoms. The summed E-state index contributed by atoms with van der Waals surface area (Å²) in [6.45, 7) is 3.14. The van der Waals surface area contributed by atoms with Gasteiger partial charge in [0.25, 0.3) is 0 Å². The van der Waals surface area contributed by atoms with Crippen LogP contribution in [0.4, 0.5) is 4.39 Å². The number of nitrogens with zero attached hydrogens (tertiary/aromatic N) is 3. The zero-order chi connectivity index (χ0) is 30.9. The molecular weight excluding hydrogens is 573 g/mol. The van der Waals surface area contributed by atoms with Crippen LogP contribution in [0.3, 0.4) is 0 Å². The molecule has 1 aliphatic carbocycles. The molecule has 4 N–H and O–H groups in total. The number of aliphatic hydroxyl groups is 1. The third-order valence-corrected chi connectivity index (χ3v) is 7.43. The van der Waals surface area contributed by atoms with Crippen LogP contribution in [-0.2, 0) is 33.9 Å². The number of halogens is 2. The fourth-order valence-corrected chi connectivity index (χ4v) is 5.34. The van der Waals surface area contributed by atoms with E-state index in [2.05, 4.69) is 15.0 Å². The first-order valence-corrected chi connectivity index (χ1v) is 13.6. The molecule has 3 aromatic rings. The highest BCUT2D eigenvalue weighted by Crippen LogP contribution is 2.35. The Hall–Kier alpha value is -3.87. The maximum Gasteiger partial charge on any atom is 0.336 e. The van der Waals surface area contributed by atoms with E-state index in [1.165, 1.54) is 6.07 Å². The lowest BCUT2D eigenvalue weighted by Gasteiger charge is -2.33. The first-order chi connectivity index (χ1) is 19.9. The minimum atomic E-state index is -2.74. The van der Waals surface area contributed by atoms with Crippen LogP contribution in [-0.4, -0.2) is 65.0 Å². The molecule has 4 rings (SSSR count). The molecule has 1 fully saturated rings. The average Bonchev–Trinajstić information content (AvgIpc) is 3.54. The topological polar surface area (TPSA) is 174 Å². The van der Waals surface area contributed by atoms with E-state index in [1.54, 1.807) is 24.5 Å². The van der Waals surface area contributed by atoms with Gasteiger partial charge in [0.1, 0.15) is 11.6 Å². The van der Waals surface area contributed by atoms with E-state index >= 15 is 0 Å². The number of rotatable bonds is 12. The van der Waals surface area contributed by atoms with Gasteiger partial charge < -0.3 is 24.9 Å². The fourth-order valence-electron chi connectivity index (χ4n) is 5.12. The van der Waals surface area contributed by atoms with Crippen molar-refractivity contribution in [3.05, 3.63) is 82.2 Å². The van der Waals surface area contributed by atoms with Gasteiger partial charge in [-0.1, -0.05) is 29.2 Å². The van der Waals surface area contributed by atoms with Gasteiger partial charge in [-0.3, -0.25) is 19.5 Å². The molecule has 2 heterocycles. The summed E-state index contributed by atoms with van der Waals surface area (Å²) in [5.41, 5.74) is -0.114. The summed E-state index contributed by atoms with van der Waals surface area (Å²) in [6, 6.07) is 11.3. The minimum Gasteiger partial charge on any atom is -0.481 e. The van der Waals surface area contributed by atoms with Crippen LogP contribution in [0.15, 0.2) is 53.3 Å². The molecule has 0 amide bonds. The standard InChI is InChI=1S/C23H25ClFN3O.C6H8O7/c1-16-12-19(29-27-16)13-18-4-2-7-23(18)28(14-17-8-10-26-11-9-17)15-20-21(24)5-3-6-22(20)25;7-3(8)1-6(13,5(11)12)2-4(9)10/h3,5-6,8-12,18,23H,2,4,7,13-15H2,1H3;13H,1-2H2,(H,7,8)(H,9,10)(H,11,12)/t18-,23+;/m0./s1. The second-order valence-corrected chi connectivity index (χ2v) is 10.7. The SMILES string of the molecule is Cc1cc(C[C@@H]2CCC[C@H]2N(Cc2ccncc2)Cc2c(F)cccc2Cl)on1.O=C(O)CC(O)(CC(=O)O)C(=O)O. The first kappa shape index (κ1) is 32.6. The first-order valence-electron chi connectivity index (χ1n) is 13.3. The summed E-state index contributed by atoms with van der Waals surface area (Å²) in [5.74, 6) is -3.91. The quantitative estimate of drug-likeness (QED) is 0.231. The molecule has 13 heteroatoms. The predicted octanol–water partition coefficient (Wildman–Crippen LogP) is 4.34. The number of carboxylic acids is 3. The molecular formula is C29H33ClFN3O8. The van der Waals surface area contributed by atoms with E-state index in [4.69, 9.17) is 36.6 Å². The lowest BCUT2D eigenvalue weighted by molar-refractivity contribution is -0.170. The summed E-state index contributed by atoms with van der Waals surface area (Å²) < 4.78 is 20.0. The smallest absolute Gasteiger partial charge is 0.336 e. The van der Waals surface area contributed by atoms with Crippen LogP contribution in [0.5, 0.6) is 0 Å². The van der Waals surface area contributed by atoms with Crippen LogP contribution in [0.1, 0.15) is 54.7 Å². The predicted molar refractivity (Wildman–Crippen MR) is 148 cm³/mol. The van der Waals surface area contributed by atoms with Gasteiger partial charge in [0.15, 0.2) is 5.60 Å². The van der Waals surface area contributed by atoms with E-state index in [9.17, 15) is 18.8 Å². The Balaban J connectivity index is 0.000000316. The van der Waals surface area contributed by atoms with Gasteiger partial charge in [-0.05, 0) is 55.5 Å². The molecule has 2 aromatic heterocycles. The highest BCUT2D eigenvalue weighted by Gasteiger charge is 2.40. The monoisotopic (exact) mass is 605 g/mol. The maximum atomic E-state index is 14.5. The zero-order valence-electron chi connectivity index (χ0n) is 22.9. The average molecular weight is 606 g/mol. The van der Waals surface area contributed by atoms with Gasteiger partial charge in [0.05, 0.1) is 18.5 Å². The Kier molecular flexibility index (Phi) is 11.5. The Morgan fingerprint density at radius 3 is 2.29 bits per heavy atom. The van der Waals surface area contributed by atoms with Crippen molar-refractivity contribution in [1.82, 2.24) is 15.0 Å². The lowest BCUT2D eigenvalue weighted by Crippen LogP contribution is -2.42. The molecule has 1 aliphatic rings. The van der Waals surface area contributed by atoms with Crippen LogP contribution in [0.25, 0.3) is 0 Å². The normalized spacial score (nSPS) is 16.6. The number of carbonyl (C=O) groups is 3. The Labute approximate surface area is 246 Å². The molecule has 0 saturated heterocycles. The number of benzene rings is 1. The summed E-state index contributed by atoms with van der Waals surface area (Å²) in [4.78, 5) is 37.0. The number of aryl methyl sites for hydroxylation is 1. The summed E-state index contributed by atoms with van der Waals surface area (Å²) in [5, 5.41) is 38.3. The largest absolute Gasteiger partial charge is 0.481 e. The highest BCUT2D eigenvalue weighted by atomic mass is 35.5. The van der Waals surface area contributed by atoms with Crippen molar-refractivity contribution >= 4 is 29.5 Å². The summed E-state index contributed by atoms with van der Waals surface area (Å²) in [7, 11) is 0. The van der Waals surface area contributed by atoms with Crippen molar-refractivity contribution in [2.45, 2.75) is 70.2 Å². The minimum absolute atomic E-state index is 0.252. The van der Waals surface area contributed by atoms with Crippen LogP contribution < -0.4 is 0 Å². The highest BCUT2D eigenvalue weighted by molar-refractivity contribution is 6.31. The van der Waals surface area contributed by atoms with Crippen molar-refractivity contribution in [3.8, 4) is 0 Å². The number of carboxylic acid groups (broad SMARTS) is 3. The van der Waals surface area contributed by atoms with Gasteiger partial charge >= 0.3 is 17.9 Å². The summed E-state index contributed by atoms with van der Waals surface area (Å²) in [6.07, 6.45) is 5.52. The second kappa shape index (κ2) is 14.9. The van der Waals surface area contributed by atoms with Crippen molar-refractivity contribution in [2.75, 3.05) is 0 Å². The third-order valence-electron chi connectivity index (χ3n) is 7.07. The van der Waals surface area contributed by atoms with E-state index < -0.39 is 36.4 Å². The molecule has 2 atom stereocenters. The van der Waals surface area contributed by atoms with E-state index in [0.29, 0.717) is 29.1 Å². The molecule has 0 radical (unpaired) electrons. The fraction of sp³-hybridized carbons (Fsp3) is 0.414. The summed E-state index contributed by atoms with van der Waals surface area (Å²) >= 11 is 6.35. The van der Waals surface area contributed by atoms with Crippen molar-refractivity contribution in [1.29, 1.82) is 0 Å². The Morgan fingerprint density at radius 1 is 1.07 bits per heavy atom. The molecule has 1 aromatic carbocycles. The molecule has 226 valence electrons. The zero-order valence-corrected chi connectivity index (χ0v) is 23.7. The molecule has 1 saturated carbocycles. The number of hydrogen-bond acceptors (Lipinski definition) is 8. The maximum absolute atomic E-state index is 14.5. The van der Waals surface area contributed by atoms with Crippen molar-refractivity contribution in [2.24, 2.45) is 5.92 Å². The van der Waals surface area contributed by atoms with Crippen LogP contribution >= 0.6 is 11.6 Å². The van der Waals surface area contributed by atoms with Crippen LogP contribution in [0.2, 0.25) is 5.02 Å². The second-order valence-electron chi connectivity index (χ2n) is 10.3. The number of hydrogen-bond donors (Lipinski definition) is 4. The number of aromatic nitrogens is 2. The van der Waals surface area contributed by atoms with Crippen LogP contribution in [0, 0.1) is 18.7 Å². The van der Waals surface area contributed by atoms with Gasteiger partial charge in [0, 0.05) is 54.6 Å². The Morgan fingerprint density at radius 2 is 1.74 bits per heavy atom. The molecule has 0 bridgehead atoms. The van der Waals surface area contributed by atoms with Gasteiger partial charge in [-0.15, -0.1) is 0 Å². The number of aliphatic carboxylic acids is 3. The molecule has 0 unspecified atom stereocenters. The van der Waals surface area contributed by atoms with Crippen molar-refractivity contribution in [3.63, 3.8) is 0 Å². The Bertz CT molecular complexity index is 1330. The van der Waals surface area contributed by atoms with Gasteiger partial charge in [0.2, 0.25) is 0 Å². The number of pyridine rings is 1. The molecule has 0 spiro atoms.